The molecule has 1 unspecified atom stereocenters. The van der Waals surface area contributed by atoms with Crippen LogP contribution in [0.4, 0.5) is 0 Å². The number of rotatable bonds is 7. The molecule has 7 nitrogen and oxygen atoms in total. The molecule has 2 heterocycles. The number of guanidine groups is 1. The highest BCUT2D eigenvalue weighted by Gasteiger charge is 2.34. The number of ether oxygens (including phenoxy) is 1. The SMILES string of the molecule is CN=C(NCc1ccc(C(=O)N2CCCCC2)cc1)NCC1(CCO)CCOC1. The Bertz CT molecular complexity index is 678. The van der Waals surface area contributed by atoms with Gasteiger partial charge in [0, 0.05) is 57.4 Å². The fraction of sp³-hybridized carbons (Fsp3) is 0.636. The molecule has 7 heteroatoms. The molecule has 2 aliphatic rings. The highest BCUT2D eigenvalue weighted by molar-refractivity contribution is 5.94. The number of amides is 1. The number of aliphatic imine (C=N–C) groups is 1. The summed E-state index contributed by atoms with van der Waals surface area (Å²) in [4.78, 5) is 18.8. The molecule has 1 atom stereocenters. The number of aliphatic hydroxyl groups is 1. The molecule has 0 aromatic heterocycles. The number of piperidine rings is 1. The number of hydrogen-bond donors (Lipinski definition) is 3. The van der Waals surface area contributed by atoms with Gasteiger partial charge in [0.1, 0.15) is 0 Å². The van der Waals surface area contributed by atoms with E-state index in [0.717, 1.165) is 69.0 Å². The molecule has 2 fully saturated rings. The van der Waals surface area contributed by atoms with Crippen LogP contribution in [0, 0.1) is 5.41 Å². The molecular weight excluding hydrogens is 368 g/mol. The lowest BCUT2D eigenvalue weighted by Gasteiger charge is -2.27. The lowest BCUT2D eigenvalue weighted by atomic mass is 9.84. The van der Waals surface area contributed by atoms with Crippen LogP contribution >= 0.6 is 0 Å². The minimum Gasteiger partial charge on any atom is -0.396 e. The van der Waals surface area contributed by atoms with Crippen LogP contribution in [0.1, 0.15) is 48.0 Å². The van der Waals surface area contributed by atoms with E-state index >= 15 is 0 Å². The number of nitrogens with zero attached hydrogens (tertiary/aromatic N) is 2. The molecule has 1 aromatic carbocycles. The molecule has 2 saturated heterocycles. The van der Waals surface area contributed by atoms with E-state index in [2.05, 4.69) is 15.6 Å². The van der Waals surface area contributed by atoms with Crippen molar-refractivity contribution in [3.8, 4) is 0 Å². The van der Waals surface area contributed by atoms with Gasteiger partial charge in [-0.25, -0.2) is 0 Å². The molecule has 0 aliphatic carbocycles. The van der Waals surface area contributed by atoms with Gasteiger partial charge < -0.3 is 25.4 Å². The van der Waals surface area contributed by atoms with E-state index in [1.807, 2.05) is 29.2 Å². The van der Waals surface area contributed by atoms with Crippen LogP contribution in [0.3, 0.4) is 0 Å². The molecule has 0 saturated carbocycles. The summed E-state index contributed by atoms with van der Waals surface area (Å²) in [7, 11) is 1.75. The molecule has 0 spiro atoms. The first-order valence-corrected chi connectivity index (χ1v) is 10.7. The molecular formula is C22H34N4O3. The zero-order valence-corrected chi connectivity index (χ0v) is 17.5. The highest BCUT2D eigenvalue weighted by atomic mass is 16.5. The molecule has 1 amide bonds. The fourth-order valence-electron chi connectivity index (χ4n) is 4.03. The number of aliphatic hydroxyl groups excluding tert-OH is 1. The average molecular weight is 403 g/mol. The van der Waals surface area contributed by atoms with Gasteiger partial charge in [-0.3, -0.25) is 9.79 Å². The average Bonchev–Trinajstić information content (AvgIpc) is 3.23. The summed E-state index contributed by atoms with van der Waals surface area (Å²) in [5.74, 6) is 0.859. The lowest BCUT2D eigenvalue weighted by molar-refractivity contribution is 0.0724. The van der Waals surface area contributed by atoms with Gasteiger partial charge in [0.15, 0.2) is 5.96 Å². The molecule has 160 valence electrons. The minimum atomic E-state index is -0.0250. The molecule has 3 rings (SSSR count). The first-order chi connectivity index (χ1) is 14.2. The summed E-state index contributed by atoms with van der Waals surface area (Å²) < 4.78 is 5.54. The summed E-state index contributed by atoms with van der Waals surface area (Å²) in [6, 6.07) is 7.82. The normalized spacial score (nSPS) is 22.6. The van der Waals surface area contributed by atoms with Crippen LogP contribution in [0.5, 0.6) is 0 Å². The van der Waals surface area contributed by atoms with E-state index in [4.69, 9.17) is 4.74 Å². The molecule has 29 heavy (non-hydrogen) atoms. The smallest absolute Gasteiger partial charge is 0.253 e. The number of hydrogen-bond acceptors (Lipinski definition) is 4. The second-order valence-electron chi connectivity index (χ2n) is 8.11. The van der Waals surface area contributed by atoms with Crippen molar-refractivity contribution in [3.63, 3.8) is 0 Å². The van der Waals surface area contributed by atoms with Crippen molar-refractivity contribution >= 4 is 11.9 Å². The molecule has 0 bridgehead atoms. The van der Waals surface area contributed by atoms with Crippen molar-refractivity contribution in [1.82, 2.24) is 15.5 Å². The molecule has 0 radical (unpaired) electrons. The number of nitrogens with one attached hydrogen (secondary N) is 2. The van der Waals surface area contributed by atoms with E-state index in [1.54, 1.807) is 7.05 Å². The van der Waals surface area contributed by atoms with E-state index in [-0.39, 0.29) is 17.9 Å². The number of benzene rings is 1. The Balaban J connectivity index is 1.48. The monoisotopic (exact) mass is 402 g/mol. The van der Waals surface area contributed by atoms with E-state index < -0.39 is 0 Å². The largest absolute Gasteiger partial charge is 0.396 e. The van der Waals surface area contributed by atoms with Crippen molar-refractivity contribution in [3.05, 3.63) is 35.4 Å². The highest BCUT2D eigenvalue weighted by Crippen LogP contribution is 2.31. The van der Waals surface area contributed by atoms with Gasteiger partial charge in [-0.05, 0) is 49.8 Å². The van der Waals surface area contributed by atoms with Crippen molar-refractivity contribution < 1.29 is 14.6 Å². The zero-order chi connectivity index (χ0) is 20.5. The van der Waals surface area contributed by atoms with E-state index in [9.17, 15) is 9.90 Å². The Labute approximate surface area is 173 Å². The maximum atomic E-state index is 12.6. The van der Waals surface area contributed by atoms with Crippen LogP contribution in [-0.4, -0.2) is 68.4 Å². The van der Waals surface area contributed by atoms with Gasteiger partial charge in [-0.2, -0.15) is 0 Å². The van der Waals surface area contributed by atoms with E-state index in [1.165, 1.54) is 6.42 Å². The molecule has 3 N–H and O–H groups in total. The molecule has 2 aliphatic heterocycles. The first-order valence-electron chi connectivity index (χ1n) is 10.7. The molecule has 1 aromatic rings. The third kappa shape index (κ3) is 5.93. The standard InChI is InChI=1S/C22H34N4O3/c1-23-21(25-16-22(9-13-27)10-14-29-17-22)24-15-18-5-7-19(8-6-18)20(28)26-11-3-2-4-12-26/h5-8,27H,2-4,9-17H2,1H3,(H2,23,24,25). The maximum absolute atomic E-state index is 12.6. The first kappa shape index (κ1) is 21.6. The number of carbonyl (C=O) groups is 1. The summed E-state index contributed by atoms with van der Waals surface area (Å²) in [5.41, 5.74) is 1.82. The van der Waals surface area contributed by atoms with Crippen LogP contribution < -0.4 is 10.6 Å². The number of likely N-dealkylation sites (tertiary alicyclic amines) is 1. The third-order valence-electron chi connectivity index (χ3n) is 5.99. The van der Waals surface area contributed by atoms with Crippen LogP contribution in [0.25, 0.3) is 0 Å². The van der Waals surface area contributed by atoms with Gasteiger partial charge in [-0.15, -0.1) is 0 Å². The van der Waals surface area contributed by atoms with Gasteiger partial charge >= 0.3 is 0 Å². The van der Waals surface area contributed by atoms with Crippen LogP contribution in [0.15, 0.2) is 29.3 Å². The summed E-state index contributed by atoms with van der Waals surface area (Å²) in [6.07, 6.45) is 5.10. The number of carbonyl (C=O) groups excluding carboxylic acids is 1. The Morgan fingerprint density at radius 2 is 1.97 bits per heavy atom. The van der Waals surface area contributed by atoms with Crippen molar-refractivity contribution in [2.45, 2.75) is 38.6 Å². The Morgan fingerprint density at radius 3 is 2.59 bits per heavy atom. The van der Waals surface area contributed by atoms with Crippen LogP contribution in [0.2, 0.25) is 0 Å². The third-order valence-corrected chi connectivity index (χ3v) is 5.99. The summed E-state index contributed by atoms with van der Waals surface area (Å²) >= 11 is 0. The van der Waals surface area contributed by atoms with Gasteiger partial charge in [0.25, 0.3) is 5.91 Å². The Kier molecular flexibility index (Phi) is 7.89. The van der Waals surface area contributed by atoms with E-state index in [0.29, 0.717) is 13.2 Å². The topological polar surface area (TPSA) is 86.2 Å². The van der Waals surface area contributed by atoms with Gasteiger partial charge in [-0.1, -0.05) is 12.1 Å². The second kappa shape index (κ2) is 10.6. The summed E-state index contributed by atoms with van der Waals surface area (Å²) in [6.45, 7) is 4.66. The van der Waals surface area contributed by atoms with Crippen molar-refractivity contribution in [1.29, 1.82) is 0 Å². The predicted octanol–water partition coefficient (Wildman–Crippen LogP) is 1.77. The summed E-state index contributed by atoms with van der Waals surface area (Å²) in [5, 5.41) is 16.0. The minimum absolute atomic E-state index is 0.0250. The predicted molar refractivity (Wildman–Crippen MR) is 114 cm³/mol. The fourth-order valence-corrected chi connectivity index (χ4v) is 4.03. The Hall–Kier alpha value is -2.12. The van der Waals surface area contributed by atoms with Crippen LogP contribution in [-0.2, 0) is 11.3 Å². The van der Waals surface area contributed by atoms with Gasteiger partial charge in [0.05, 0.1) is 6.61 Å². The quantitative estimate of drug-likeness (QED) is 0.478. The lowest BCUT2D eigenvalue weighted by Crippen LogP contribution is -2.44. The zero-order valence-electron chi connectivity index (χ0n) is 17.5. The Morgan fingerprint density at radius 1 is 1.21 bits per heavy atom. The second-order valence-corrected chi connectivity index (χ2v) is 8.11. The van der Waals surface area contributed by atoms with Crippen molar-refractivity contribution in [2.24, 2.45) is 10.4 Å². The maximum Gasteiger partial charge on any atom is 0.253 e. The van der Waals surface area contributed by atoms with Crippen molar-refractivity contribution in [2.75, 3.05) is 46.5 Å². The van der Waals surface area contributed by atoms with Gasteiger partial charge in [0.2, 0.25) is 0 Å².